The van der Waals surface area contributed by atoms with E-state index < -0.39 is 35.9 Å². The maximum Gasteiger partial charge on any atom is 0.408 e. The molecule has 3 atom stereocenters. The van der Waals surface area contributed by atoms with Gasteiger partial charge in [-0.25, -0.2) is 9.59 Å². The lowest BCUT2D eigenvalue weighted by Crippen LogP contribution is -2.44. The van der Waals surface area contributed by atoms with E-state index in [4.69, 9.17) is 24.4 Å². The first-order valence-corrected chi connectivity index (χ1v) is 19.2. The fraction of sp³-hybridized carbons (Fsp3) is 0.484. The number of aliphatic carboxylic acids is 1. The molecule has 0 saturated heterocycles. The zero-order valence-electron chi connectivity index (χ0n) is 27.5. The molecule has 0 aromatic heterocycles. The SMILES string of the molecule is CNC(CCCNC(=N)NCC(O)COc1c(I)cc(Oc2cc(I)c(CC(NC(=O)OC(C)(C)C)C(=O)O)c(I)c2)cc1I)C(=O)OC. The lowest BCUT2D eigenvalue weighted by atomic mass is 10.1. The highest BCUT2D eigenvalue weighted by atomic mass is 127. The van der Waals surface area contributed by atoms with E-state index in [0.717, 1.165) is 19.8 Å². The predicted octanol–water partition coefficient (Wildman–Crippen LogP) is 4.81. The summed E-state index contributed by atoms with van der Waals surface area (Å²) in [6.45, 7) is 5.67. The standard InChI is InChI=1S/C31H41I4N5O9/c1-31(2,3)49-30(45)40-25(27(42)43)13-19-20(32)9-17(10-21(19)33)48-18-11-22(34)26(23(35)12-18)47-15-16(41)14-39-29(36)38-8-6-7-24(37-4)28(44)46-5/h9-12,16,24-25,37,41H,6-8,13-15H2,1-5H3,(H,40,45)(H,42,43)(H3,36,38,39). The van der Waals surface area contributed by atoms with Crippen LogP contribution in [0.5, 0.6) is 17.2 Å². The molecule has 0 aliphatic heterocycles. The molecule has 3 unspecified atom stereocenters. The van der Waals surface area contributed by atoms with Crippen LogP contribution in [-0.2, 0) is 25.5 Å². The normalized spacial score (nSPS) is 13.0. The average molecular weight is 1140 g/mol. The van der Waals surface area contributed by atoms with Crippen LogP contribution in [0.4, 0.5) is 4.79 Å². The summed E-state index contributed by atoms with van der Waals surface area (Å²) < 4.78 is 25.1. The molecule has 0 spiro atoms. The molecular weight excluding hydrogens is 1090 g/mol. The highest BCUT2D eigenvalue weighted by molar-refractivity contribution is 14.1. The van der Waals surface area contributed by atoms with Gasteiger partial charge in [0.1, 0.15) is 47.6 Å². The molecule has 0 saturated carbocycles. The number of hydrogen-bond donors (Lipinski definition) is 7. The predicted molar refractivity (Wildman–Crippen MR) is 218 cm³/mol. The molecule has 2 aromatic rings. The molecule has 0 aliphatic rings. The second-order valence-electron chi connectivity index (χ2n) is 11.6. The van der Waals surface area contributed by atoms with Gasteiger partial charge in [-0.1, -0.05) is 0 Å². The molecule has 49 heavy (non-hydrogen) atoms. The monoisotopic (exact) mass is 1130 g/mol. The fourth-order valence-electron chi connectivity index (χ4n) is 4.12. The van der Waals surface area contributed by atoms with Gasteiger partial charge in [0.05, 0.1) is 14.3 Å². The van der Waals surface area contributed by atoms with Crippen LogP contribution >= 0.6 is 90.4 Å². The van der Waals surface area contributed by atoms with Crippen molar-refractivity contribution in [3.63, 3.8) is 0 Å². The molecule has 1 amide bonds. The molecule has 0 fully saturated rings. The lowest BCUT2D eigenvalue weighted by molar-refractivity contribution is -0.143. The summed E-state index contributed by atoms with van der Waals surface area (Å²) in [4.78, 5) is 35.8. The van der Waals surface area contributed by atoms with Crippen LogP contribution in [0.2, 0.25) is 0 Å². The summed E-state index contributed by atoms with van der Waals surface area (Å²) in [5.41, 5.74) is -0.00673. The summed E-state index contributed by atoms with van der Waals surface area (Å²) >= 11 is 8.51. The van der Waals surface area contributed by atoms with Crippen LogP contribution in [0.15, 0.2) is 24.3 Å². The third-order valence-electron chi connectivity index (χ3n) is 6.46. The molecule has 2 rings (SSSR count). The van der Waals surface area contributed by atoms with Gasteiger partial charge in [0.2, 0.25) is 0 Å². The smallest absolute Gasteiger partial charge is 0.408 e. The lowest BCUT2D eigenvalue weighted by Gasteiger charge is -2.22. The number of aliphatic hydroxyl groups excluding tert-OH is 1. The number of benzene rings is 2. The van der Waals surface area contributed by atoms with Crippen molar-refractivity contribution >= 4 is 114 Å². The Morgan fingerprint density at radius 2 is 1.51 bits per heavy atom. The van der Waals surface area contributed by atoms with Gasteiger partial charge in [0.15, 0.2) is 5.96 Å². The molecule has 272 valence electrons. The number of amides is 1. The third-order valence-corrected chi connectivity index (χ3v) is 9.99. The van der Waals surface area contributed by atoms with Crippen molar-refractivity contribution in [3.05, 3.63) is 44.1 Å². The molecular formula is C31H41I4N5O9. The molecule has 2 aromatic carbocycles. The van der Waals surface area contributed by atoms with Crippen LogP contribution in [0, 0.1) is 19.7 Å². The second kappa shape index (κ2) is 21.0. The number of ether oxygens (including phenoxy) is 4. The number of esters is 1. The largest absolute Gasteiger partial charge is 0.489 e. The molecule has 0 radical (unpaired) electrons. The van der Waals surface area contributed by atoms with Gasteiger partial charge in [-0.2, -0.15) is 0 Å². The first-order chi connectivity index (χ1) is 22.9. The highest BCUT2D eigenvalue weighted by Gasteiger charge is 2.26. The number of alkyl carbamates (subject to hydrolysis) is 1. The van der Waals surface area contributed by atoms with Gasteiger partial charge in [-0.15, -0.1) is 0 Å². The maximum absolute atomic E-state index is 12.2. The minimum absolute atomic E-state index is 0.00651. The number of methoxy groups -OCH3 is 1. The highest BCUT2D eigenvalue weighted by Crippen LogP contribution is 2.35. The summed E-state index contributed by atoms with van der Waals surface area (Å²) in [6.07, 6.45) is -0.440. The van der Waals surface area contributed by atoms with Crippen LogP contribution in [0.1, 0.15) is 39.2 Å². The van der Waals surface area contributed by atoms with Gasteiger partial charge in [0, 0.05) is 26.7 Å². The maximum atomic E-state index is 12.2. The number of rotatable bonds is 17. The second-order valence-corrected chi connectivity index (χ2v) is 16.2. The summed E-state index contributed by atoms with van der Waals surface area (Å²) in [7, 11) is 3.03. The molecule has 0 bridgehead atoms. The minimum Gasteiger partial charge on any atom is -0.489 e. The van der Waals surface area contributed by atoms with E-state index in [1.807, 2.05) is 0 Å². The van der Waals surface area contributed by atoms with Gasteiger partial charge in [-0.3, -0.25) is 10.2 Å². The number of guanidine groups is 1. The number of nitrogens with one attached hydrogen (secondary N) is 5. The number of hydrogen-bond acceptors (Lipinski definition) is 10. The van der Waals surface area contributed by atoms with Crippen molar-refractivity contribution in [2.24, 2.45) is 0 Å². The Labute approximate surface area is 340 Å². The number of carbonyl (C=O) groups excluding carboxylic acids is 2. The van der Waals surface area contributed by atoms with Crippen LogP contribution < -0.4 is 30.7 Å². The Kier molecular flexibility index (Phi) is 18.7. The molecule has 18 heteroatoms. The summed E-state index contributed by atoms with van der Waals surface area (Å²) in [5, 5.41) is 39.2. The van der Waals surface area contributed by atoms with Crippen molar-refractivity contribution in [2.75, 3.05) is 33.9 Å². The molecule has 0 heterocycles. The number of aliphatic hydroxyl groups is 1. The Hall–Kier alpha value is -1.64. The van der Waals surface area contributed by atoms with E-state index >= 15 is 0 Å². The van der Waals surface area contributed by atoms with E-state index in [9.17, 15) is 24.6 Å². The Morgan fingerprint density at radius 1 is 0.939 bits per heavy atom. The van der Waals surface area contributed by atoms with E-state index in [-0.39, 0.29) is 31.5 Å². The molecule has 14 nitrogen and oxygen atoms in total. The first-order valence-electron chi connectivity index (χ1n) is 14.9. The van der Waals surface area contributed by atoms with Crippen molar-refractivity contribution in [1.82, 2.24) is 21.3 Å². The van der Waals surface area contributed by atoms with E-state index in [0.29, 0.717) is 36.6 Å². The molecule has 7 N–H and O–H groups in total. The average Bonchev–Trinajstić information content (AvgIpc) is 2.99. The van der Waals surface area contributed by atoms with Crippen molar-refractivity contribution < 1.29 is 43.5 Å². The van der Waals surface area contributed by atoms with Crippen molar-refractivity contribution in [1.29, 1.82) is 5.41 Å². The topological polar surface area (TPSA) is 201 Å². The van der Waals surface area contributed by atoms with Gasteiger partial charge >= 0.3 is 18.0 Å². The van der Waals surface area contributed by atoms with Crippen LogP contribution in [0.3, 0.4) is 0 Å². The van der Waals surface area contributed by atoms with E-state index in [2.05, 4.69) is 112 Å². The quantitative estimate of drug-likeness (QED) is 0.0376. The molecule has 0 aliphatic carbocycles. The number of carboxylic acids is 1. The van der Waals surface area contributed by atoms with Gasteiger partial charge in [-0.05, 0) is 161 Å². The van der Waals surface area contributed by atoms with Crippen LogP contribution in [-0.4, -0.2) is 91.8 Å². The Morgan fingerprint density at radius 3 is 2.02 bits per heavy atom. The zero-order chi connectivity index (χ0) is 36.9. The van der Waals surface area contributed by atoms with E-state index in [1.54, 1.807) is 52.1 Å². The number of likely N-dealkylation sites (N-methyl/N-ethyl adjacent to an activating group) is 1. The van der Waals surface area contributed by atoms with Crippen LogP contribution in [0.25, 0.3) is 0 Å². The zero-order valence-corrected chi connectivity index (χ0v) is 36.2. The number of halogens is 4. The first kappa shape index (κ1) is 43.5. The fourth-order valence-corrected chi connectivity index (χ4v) is 8.29. The number of carbonyl (C=O) groups is 3. The van der Waals surface area contributed by atoms with E-state index in [1.165, 1.54) is 7.11 Å². The van der Waals surface area contributed by atoms with Crippen molar-refractivity contribution in [3.8, 4) is 17.2 Å². The third kappa shape index (κ3) is 15.6. The van der Waals surface area contributed by atoms with Gasteiger partial charge < -0.3 is 50.4 Å². The van der Waals surface area contributed by atoms with Crippen molar-refractivity contribution in [2.45, 2.75) is 63.8 Å². The van der Waals surface area contributed by atoms with Gasteiger partial charge in [0.25, 0.3) is 0 Å². The minimum atomic E-state index is -1.18. The Balaban J connectivity index is 1.93. The summed E-state index contributed by atoms with van der Waals surface area (Å²) in [6, 6.07) is 5.62. The number of carboxylic acid groups (broad SMARTS) is 1. The Bertz CT molecular complexity index is 1430. The summed E-state index contributed by atoms with van der Waals surface area (Å²) in [5.74, 6) is 0.246.